The summed E-state index contributed by atoms with van der Waals surface area (Å²) in [5.74, 6) is -11.7. The number of carbonyl (C=O) groups is 10. The molecule has 414 valence electrons. The zero-order chi connectivity index (χ0) is 56.9. The smallest absolute Gasteiger partial charge is 0.332 e. The van der Waals surface area contributed by atoms with Crippen molar-refractivity contribution in [2.24, 2.45) is 11.8 Å². The van der Waals surface area contributed by atoms with Crippen LogP contribution in [0, 0.1) is 11.8 Å². The van der Waals surface area contributed by atoms with Gasteiger partial charge in [0.05, 0.1) is 15.6 Å². The number of ether oxygens (including phenoxy) is 2. The molecule has 6 N–H and O–H groups in total. The van der Waals surface area contributed by atoms with Crippen LogP contribution in [-0.4, -0.2) is 198 Å². The van der Waals surface area contributed by atoms with Gasteiger partial charge in [0.25, 0.3) is 17.7 Å². The number of aromatic hydroxyl groups is 2. The van der Waals surface area contributed by atoms with Crippen molar-refractivity contribution in [2.45, 2.75) is 91.8 Å². The molecule has 11 atom stereocenters. The number of para-hydroxylation sites is 2. The number of rotatable bonds is 5. The lowest BCUT2D eigenvalue weighted by Crippen LogP contribution is -2.63. The van der Waals surface area contributed by atoms with E-state index in [1.807, 2.05) is 0 Å². The van der Waals surface area contributed by atoms with Crippen molar-refractivity contribution >= 4 is 105 Å². The standard InChI is InChI=1S/C52H60N10O14S2/c1-24-20-51(24)49(73)75-22-33(58-42(68)37-35(64)19-29-15-11-13-17-31(29)56-37)40(66)54-27(4)44(70)60(6)47-46(72)62(8)52(21-25(52)2)50(74)76-23-32(57-41(67)36-34(63)18-28-14-10-12-16-30(28)55-36)39(65)53-26(3)43(69)59(5)38(45(71)61(51)7)48(77-9)78-47/h10-19,24-27,32-33,38,47-48,63-64H,20-23H2,1-9H3,(H,53,65)(H,54,66)(H,57,67)(H,58,68). The third-order valence-corrected chi connectivity index (χ3v) is 18.0. The molecule has 2 saturated carbocycles. The van der Waals surface area contributed by atoms with Crippen molar-refractivity contribution in [1.29, 1.82) is 0 Å². The summed E-state index contributed by atoms with van der Waals surface area (Å²) in [6.45, 7) is 4.28. The van der Waals surface area contributed by atoms with E-state index in [1.54, 1.807) is 68.6 Å². The summed E-state index contributed by atoms with van der Waals surface area (Å²) in [7, 11) is 5.21. The van der Waals surface area contributed by atoms with Crippen LogP contribution in [0.1, 0.15) is 61.5 Å². The van der Waals surface area contributed by atoms with Crippen molar-refractivity contribution in [3.05, 3.63) is 72.1 Å². The van der Waals surface area contributed by atoms with E-state index in [1.165, 1.54) is 54.2 Å². The molecule has 11 unspecified atom stereocenters. The second-order valence-electron chi connectivity index (χ2n) is 20.1. The predicted molar refractivity (Wildman–Crippen MR) is 283 cm³/mol. The number of hydrogen-bond acceptors (Lipinski definition) is 18. The number of likely N-dealkylation sites (N-methyl/N-ethyl adjacent to an activating group) is 4. The van der Waals surface area contributed by atoms with Gasteiger partial charge in [0, 0.05) is 39.0 Å². The average Bonchev–Trinajstić information content (AvgIpc) is 4.46. The van der Waals surface area contributed by atoms with E-state index in [2.05, 4.69) is 31.2 Å². The van der Waals surface area contributed by atoms with Crippen LogP contribution in [0.25, 0.3) is 21.8 Å². The summed E-state index contributed by atoms with van der Waals surface area (Å²) in [6, 6.07) is 7.87. The van der Waals surface area contributed by atoms with Crippen molar-refractivity contribution in [3.63, 3.8) is 0 Å². The molecule has 8 amide bonds. The fraction of sp³-hybridized carbons (Fsp3) is 0.462. The minimum Gasteiger partial charge on any atom is -0.505 e. The molecule has 2 aliphatic heterocycles. The van der Waals surface area contributed by atoms with Crippen LogP contribution >= 0.6 is 23.5 Å². The lowest BCUT2D eigenvalue weighted by molar-refractivity contribution is -0.161. The number of thioether (sulfide) groups is 2. The zero-order valence-electron chi connectivity index (χ0n) is 44.1. The second kappa shape index (κ2) is 21.9. The highest BCUT2D eigenvalue weighted by Gasteiger charge is 2.66. The Morgan fingerprint density at radius 3 is 1.45 bits per heavy atom. The minimum atomic E-state index is -1.74. The van der Waals surface area contributed by atoms with Crippen molar-refractivity contribution < 1.29 is 67.6 Å². The number of amides is 8. The maximum absolute atomic E-state index is 15.4. The highest BCUT2D eigenvalue weighted by Crippen LogP contribution is 2.51. The number of nitrogens with zero attached hydrogens (tertiary/aromatic N) is 6. The lowest BCUT2D eigenvalue weighted by Gasteiger charge is -2.41. The molecule has 4 heterocycles. The number of hydrogen-bond donors (Lipinski definition) is 6. The van der Waals surface area contributed by atoms with Gasteiger partial charge in [0.15, 0.2) is 16.8 Å². The first-order valence-electron chi connectivity index (χ1n) is 24.9. The minimum absolute atomic E-state index is 0.0514. The topological polar surface area (TPSA) is 316 Å². The van der Waals surface area contributed by atoms with Gasteiger partial charge in [0.1, 0.15) is 66.0 Å². The van der Waals surface area contributed by atoms with Gasteiger partial charge in [-0.25, -0.2) is 19.6 Å². The maximum atomic E-state index is 15.4. The molecular weight excluding hydrogens is 1050 g/mol. The number of nitrogens with one attached hydrogen (secondary N) is 4. The summed E-state index contributed by atoms with van der Waals surface area (Å²) in [6.07, 6.45) is 1.70. The van der Waals surface area contributed by atoms with Crippen LogP contribution in [-0.2, 0) is 47.8 Å². The number of benzene rings is 2. The van der Waals surface area contributed by atoms with Gasteiger partial charge in [-0.15, -0.1) is 23.5 Å². The van der Waals surface area contributed by atoms with Crippen LogP contribution in [0.3, 0.4) is 0 Å². The van der Waals surface area contributed by atoms with Crippen LogP contribution in [0.2, 0.25) is 0 Å². The van der Waals surface area contributed by atoms with Crippen LogP contribution < -0.4 is 21.3 Å². The van der Waals surface area contributed by atoms with E-state index in [-0.39, 0.29) is 12.8 Å². The predicted octanol–water partition coefficient (Wildman–Crippen LogP) is 0.722. The Morgan fingerprint density at radius 2 is 1.04 bits per heavy atom. The molecule has 4 aromatic rings. The Morgan fingerprint density at radius 1 is 0.641 bits per heavy atom. The molecule has 2 bridgehead atoms. The monoisotopic (exact) mass is 1110 g/mol. The molecule has 8 rings (SSSR count). The Kier molecular flexibility index (Phi) is 15.9. The lowest BCUT2D eigenvalue weighted by atomic mass is 10.1. The number of cyclic esters (lactones) is 2. The highest BCUT2D eigenvalue weighted by molar-refractivity contribution is 8.17. The molecule has 4 aliphatic rings. The molecule has 24 nitrogen and oxygen atoms in total. The molecule has 2 saturated heterocycles. The highest BCUT2D eigenvalue weighted by atomic mass is 32.2. The first-order chi connectivity index (χ1) is 36.9. The molecule has 2 aliphatic carbocycles. The van der Waals surface area contributed by atoms with E-state index in [0.29, 0.717) is 21.8 Å². The second-order valence-corrected chi connectivity index (χ2v) is 22.6. The molecule has 26 heteroatoms. The van der Waals surface area contributed by atoms with E-state index >= 15 is 9.59 Å². The summed E-state index contributed by atoms with van der Waals surface area (Å²) in [4.78, 5) is 158. The van der Waals surface area contributed by atoms with Gasteiger partial charge in [0.2, 0.25) is 29.5 Å². The Hall–Kier alpha value is -7.74. The van der Waals surface area contributed by atoms with Gasteiger partial charge in [-0.1, -0.05) is 50.2 Å². The van der Waals surface area contributed by atoms with E-state index in [0.717, 1.165) is 43.1 Å². The summed E-state index contributed by atoms with van der Waals surface area (Å²) in [5.41, 5.74) is -3.66. The van der Waals surface area contributed by atoms with Crippen molar-refractivity contribution in [2.75, 3.05) is 47.7 Å². The zero-order valence-corrected chi connectivity index (χ0v) is 45.7. The number of esters is 2. The molecule has 78 heavy (non-hydrogen) atoms. The van der Waals surface area contributed by atoms with Gasteiger partial charge in [-0.05, 0) is 69.0 Å². The first kappa shape index (κ1) is 56.5. The maximum Gasteiger partial charge on any atom is 0.332 e. The quantitative estimate of drug-likeness (QED) is 0.150. The van der Waals surface area contributed by atoms with Gasteiger partial charge in [-0.3, -0.25) is 38.4 Å². The van der Waals surface area contributed by atoms with E-state index < -0.39 is 158 Å². The fourth-order valence-electron chi connectivity index (χ4n) is 10.1. The molecule has 4 fully saturated rings. The van der Waals surface area contributed by atoms with Crippen molar-refractivity contribution in [3.8, 4) is 11.5 Å². The van der Waals surface area contributed by atoms with E-state index in [4.69, 9.17) is 9.47 Å². The number of carbonyl (C=O) groups excluding carboxylic acids is 10. The third-order valence-electron chi connectivity index (χ3n) is 15.1. The molecule has 2 aromatic carbocycles. The van der Waals surface area contributed by atoms with Crippen LogP contribution in [0.15, 0.2) is 60.7 Å². The number of pyridine rings is 2. The Bertz CT molecular complexity index is 3170. The molecule has 2 aromatic heterocycles. The van der Waals surface area contributed by atoms with E-state index in [9.17, 15) is 48.6 Å². The number of fused-ring (bicyclic) bond motifs is 5. The van der Waals surface area contributed by atoms with Crippen LogP contribution in [0.5, 0.6) is 11.5 Å². The Labute approximate surface area is 456 Å². The summed E-state index contributed by atoms with van der Waals surface area (Å²) in [5, 5.41) is 31.1. The molecule has 0 radical (unpaired) electrons. The van der Waals surface area contributed by atoms with Crippen molar-refractivity contribution in [1.82, 2.24) is 50.8 Å². The molecular formula is C52H60N10O14S2. The largest absolute Gasteiger partial charge is 0.505 e. The van der Waals surface area contributed by atoms with Gasteiger partial charge in [-0.2, -0.15) is 0 Å². The van der Waals surface area contributed by atoms with Crippen LogP contribution in [0.4, 0.5) is 0 Å². The fourth-order valence-corrected chi connectivity index (χ4v) is 12.6. The normalized spacial score (nSPS) is 29.8. The summed E-state index contributed by atoms with van der Waals surface area (Å²) < 4.78 is 10.4. The average molecular weight is 1110 g/mol. The Balaban J connectivity index is 1.18. The number of aromatic nitrogens is 2. The van der Waals surface area contributed by atoms with Gasteiger partial charge >= 0.3 is 11.9 Å². The first-order valence-corrected chi connectivity index (χ1v) is 27.1. The summed E-state index contributed by atoms with van der Waals surface area (Å²) >= 11 is 1.81. The SMILES string of the molecule is CSC1SC2C(=O)N(C)C3(CC3C)C(=O)OCC(NC(=O)c3nc4ccccc4cc3O)C(=O)NC(C)C(=O)N(C)C1C(=O)N(C)C1(CC1C)C(=O)OCC(NC(=O)c1nc3ccccc3cc1O)C(=O)NC(C)C(=O)N2C. The molecule has 2 spiro atoms. The van der Waals surface area contributed by atoms with Gasteiger partial charge < -0.3 is 60.6 Å². The third kappa shape index (κ3) is 10.4.